The van der Waals surface area contributed by atoms with Crippen molar-refractivity contribution in [3.63, 3.8) is 0 Å². The molecule has 0 saturated carbocycles. The summed E-state index contributed by atoms with van der Waals surface area (Å²) in [7, 11) is 0. The number of aromatic nitrogens is 1. The van der Waals surface area contributed by atoms with Crippen molar-refractivity contribution in [3.05, 3.63) is 27.4 Å². The smallest absolute Gasteiger partial charge is 0.407 e. The molecule has 4 N–H and O–H groups in total. The van der Waals surface area contributed by atoms with Crippen LogP contribution in [0.5, 0.6) is 5.75 Å². The lowest BCUT2D eigenvalue weighted by molar-refractivity contribution is 0.145. The first-order valence-corrected chi connectivity index (χ1v) is 9.79. The van der Waals surface area contributed by atoms with Gasteiger partial charge in [0.2, 0.25) is 0 Å². The van der Waals surface area contributed by atoms with E-state index in [-0.39, 0.29) is 10.6 Å². The van der Waals surface area contributed by atoms with Gasteiger partial charge in [-0.3, -0.25) is 4.79 Å². The van der Waals surface area contributed by atoms with Gasteiger partial charge in [0.1, 0.15) is 11.3 Å². The van der Waals surface area contributed by atoms with E-state index in [0.29, 0.717) is 42.3 Å². The van der Waals surface area contributed by atoms with Gasteiger partial charge in [-0.15, -0.1) is 0 Å². The number of amides is 1. The van der Waals surface area contributed by atoms with E-state index in [4.69, 9.17) is 0 Å². The molecule has 1 heterocycles. The van der Waals surface area contributed by atoms with Crippen molar-refractivity contribution in [2.24, 2.45) is 0 Å². The molecule has 2 rings (SSSR count). The molecule has 0 spiro atoms. The maximum Gasteiger partial charge on any atom is 0.407 e. The number of aromatic hydroxyl groups is 1. The number of benzene rings is 1. The summed E-state index contributed by atoms with van der Waals surface area (Å²) in [5.74, 6) is 0.0301. The second-order valence-corrected chi connectivity index (χ2v) is 7.46. The molecule has 0 saturated heterocycles. The Hall–Kier alpha value is -2.06. The van der Waals surface area contributed by atoms with Gasteiger partial charge in [0.15, 0.2) is 0 Å². The number of phenols is 1. The number of H-pyrrole nitrogens is 1. The standard InChI is InChI=1S/C18H27N3O4S/c1-3-4-5-12(2)19-9-11-21(18(24)25)10-8-13-6-7-14(22)15-16(13)26-17(23)20-15/h6-7,12,19,22H,3-5,8-11H2,1-2H3,(H,20,23)(H,24,25)/t12-/m1/s1. The zero-order valence-corrected chi connectivity index (χ0v) is 16.1. The third-order valence-electron chi connectivity index (χ3n) is 4.43. The molecule has 0 aliphatic heterocycles. The zero-order chi connectivity index (χ0) is 19.1. The highest BCUT2D eigenvalue weighted by molar-refractivity contribution is 7.16. The third kappa shape index (κ3) is 5.47. The summed E-state index contributed by atoms with van der Waals surface area (Å²) in [6, 6.07) is 3.65. The van der Waals surface area contributed by atoms with Gasteiger partial charge >= 0.3 is 11.0 Å². The molecule has 0 aliphatic rings. The number of carbonyl (C=O) groups is 1. The molecule has 0 aliphatic carbocycles. The molecule has 0 unspecified atom stereocenters. The van der Waals surface area contributed by atoms with Crippen molar-refractivity contribution >= 4 is 27.6 Å². The minimum Gasteiger partial charge on any atom is -0.506 e. The molecule has 1 amide bonds. The van der Waals surface area contributed by atoms with E-state index >= 15 is 0 Å². The molecule has 1 aromatic carbocycles. The van der Waals surface area contributed by atoms with Crippen molar-refractivity contribution in [2.75, 3.05) is 19.6 Å². The number of carboxylic acid groups (broad SMARTS) is 1. The molecule has 0 radical (unpaired) electrons. The predicted molar refractivity (Wildman–Crippen MR) is 104 cm³/mol. The monoisotopic (exact) mass is 381 g/mol. The van der Waals surface area contributed by atoms with Crippen LogP contribution in [0.3, 0.4) is 0 Å². The van der Waals surface area contributed by atoms with E-state index in [0.717, 1.165) is 36.2 Å². The second-order valence-electron chi connectivity index (χ2n) is 6.48. The third-order valence-corrected chi connectivity index (χ3v) is 5.38. The largest absolute Gasteiger partial charge is 0.506 e. The van der Waals surface area contributed by atoms with Crippen LogP contribution in [0, 0.1) is 0 Å². The molecule has 8 heteroatoms. The number of unbranched alkanes of at least 4 members (excludes halogenated alkanes) is 1. The van der Waals surface area contributed by atoms with Gasteiger partial charge in [0.25, 0.3) is 0 Å². The number of hydrogen-bond acceptors (Lipinski definition) is 5. The highest BCUT2D eigenvalue weighted by Crippen LogP contribution is 2.28. The summed E-state index contributed by atoms with van der Waals surface area (Å²) in [5.41, 5.74) is 1.28. The average molecular weight is 381 g/mol. The molecule has 1 atom stereocenters. The molecule has 2 aromatic rings. The Labute approximate surface area is 156 Å². The van der Waals surface area contributed by atoms with Crippen LogP contribution in [0.2, 0.25) is 0 Å². The maximum atomic E-state index is 11.6. The van der Waals surface area contributed by atoms with Crippen molar-refractivity contribution in [1.29, 1.82) is 0 Å². The molecule has 144 valence electrons. The summed E-state index contributed by atoms with van der Waals surface area (Å²) < 4.78 is 0.687. The first-order chi connectivity index (χ1) is 12.4. The maximum absolute atomic E-state index is 11.6. The topological polar surface area (TPSA) is 106 Å². The van der Waals surface area contributed by atoms with Crippen LogP contribution in [0.1, 0.15) is 38.7 Å². The van der Waals surface area contributed by atoms with Crippen LogP contribution >= 0.6 is 11.3 Å². The molecule has 0 fully saturated rings. The Balaban J connectivity index is 1.94. The first kappa shape index (κ1) is 20.3. The van der Waals surface area contributed by atoms with E-state index in [1.165, 1.54) is 11.0 Å². The quantitative estimate of drug-likeness (QED) is 0.506. The fraction of sp³-hybridized carbons (Fsp3) is 0.556. The van der Waals surface area contributed by atoms with Gasteiger partial charge in [0, 0.05) is 25.7 Å². The van der Waals surface area contributed by atoms with Crippen LogP contribution in [0.25, 0.3) is 10.2 Å². The number of nitrogens with zero attached hydrogens (tertiary/aromatic N) is 1. The highest BCUT2D eigenvalue weighted by Gasteiger charge is 2.15. The van der Waals surface area contributed by atoms with Crippen molar-refractivity contribution in [3.8, 4) is 5.75 Å². The van der Waals surface area contributed by atoms with E-state index in [2.05, 4.69) is 24.1 Å². The van der Waals surface area contributed by atoms with E-state index in [9.17, 15) is 19.8 Å². The molecule has 1 aromatic heterocycles. The van der Waals surface area contributed by atoms with Crippen molar-refractivity contribution in [1.82, 2.24) is 15.2 Å². The lowest BCUT2D eigenvalue weighted by atomic mass is 10.1. The summed E-state index contributed by atoms with van der Waals surface area (Å²) in [4.78, 5) is 26.8. The molecular formula is C18H27N3O4S. The minimum absolute atomic E-state index is 0.0301. The summed E-state index contributed by atoms with van der Waals surface area (Å²) in [6.07, 6.45) is 2.93. The number of thiazole rings is 1. The van der Waals surface area contributed by atoms with Crippen LogP contribution in [0.4, 0.5) is 4.79 Å². The molecular weight excluding hydrogens is 354 g/mol. The van der Waals surface area contributed by atoms with E-state index in [1.807, 2.05) is 0 Å². The van der Waals surface area contributed by atoms with Crippen LogP contribution in [-0.2, 0) is 6.42 Å². The average Bonchev–Trinajstić information content (AvgIpc) is 2.99. The van der Waals surface area contributed by atoms with E-state index < -0.39 is 6.09 Å². The van der Waals surface area contributed by atoms with Gasteiger partial charge in [-0.05, 0) is 31.4 Å². The summed E-state index contributed by atoms with van der Waals surface area (Å²) in [5, 5.41) is 22.6. The lowest BCUT2D eigenvalue weighted by Crippen LogP contribution is -2.39. The Morgan fingerprint density at radius 1 is 1.38 bits per heavy atom. The Morgan fingerprint density at radius 3 is 2.85 bits per heavy atom. The zero-order valence-electron chi connectivity index (χ0n) is 15.2. The van der Waals surface area contributed by atoms with Gasteiger partial charge < -0.3 is 25.4 Å². The summed E-state index contributed by atoms with van der Waals surface area (Å²) in [6.45, 7) is 5.63. The number of rotatable bonds is 10. The molecule has 7 nitrogen and oxygen atoms in total. The highest BCUT2D eigenvalue weighted by atomic mass is 32.1. The van der Waals surface area contributed by atoms with Gasteiger partial charge in [-0.1, -0.05) is 37.2 Å². The SMILES string of the molecule is CCCC[C@@H](C)NCCN(CCc1ccc(O)c2[nH]c(=O)sc12)C(=O)O. The number of phenolic OH excluding ortho intramolecular Hbond substituents is 1. The van der Waals surface area contributed by atoms with Crippen molar-refractivity contribution in [2.45, 2.75) is 45.6 Å². The number of aromatic amines is 1. The Bertz CT molecular complexity index is 786. The number of nitrogens with one attached hydrogen (secondary N) is 2. The van der Waals surface area contributed by atoms with Crippen LogP contribution in [0.15, 0.2) is 16.9 Å². The Morgan fingerprint density at radius 2 is 2.15 bits per heavy atom. The Kier molecular flexibility index (Phi) is 7.47. The molecule has 0 bridgehead atoms. The normalized spacial score (nSPS) is 12.4. The number of hydrogen-bond donors (Lipinski definition) is 4. The van der Waals surface area contributed by atoms with Gasteiger partial charge in [-0.2, -0.15) is 0 Å². The lowest BCUT2D eigenvalue weighted by Gasteiger charge is -2.21. The van der Waals surface area contributed by atoms with Gasteiger partial charge in [0.05, 0.1) is 4.70 Å². The minimum atomic E-state index is -0.953. The second kappa shape index (κ2) is 9.59. The first-order valence-electron chi connectivity index (χ1n) is 8.97. The fourth-order valence-corrected chi connectivity index (χ4v) is 3.78. The fourth-order valence-electron chi connectivity index (χ4n) is 2.89. The van der Waals surface area contributed by atoms with Gasteiger partial charge in [-0.25, -0.2) is 4.79 Å². The number of fused-ring (bicyclic) bond motifs is 1. The predicted octanol–water partition coefficient (Wildman–Crippen LogP) is 2.99. The van der Waals surface area contributed by atoms with E-state index in [1.54, 1.807) is 6.07 Å². The van der Waals surface area contributed by atoms with Crippen LogP contribution in [-0.4, -0.2) is 51.9 Å². The summed E-state index contributed by atoms with van der Waals surface area (Å²) >= 11 is 1.03. The van der Waals surface area contributed by atoms with Crippen molar-refractivity contribution < 1.29 is 15.0 Å². The molecule has 26 heavy (non-hydrogen) atoms. The van der Waals surface area contributed by atoms with Crippen LogP contribution < -0.4 is 10.2 Å².